The molecule has 0 atom stereocenters. The second-order valence-corrected chi connectivity index (χ2v) is 7.14. The van der Waals surface area contributed by atoms with Crippen molar-refractivity contribution in [3.05, 3.63) is 34.4 Å². The van der Waals surface area contributed by atoms with Crippen molar-refractivity contribution in [1.29, 1.82) is 0 Å². The van der Waals surface area contributed by atoms with E-state index < -0.39 is 5.54 Å². The fourth-order valence-corrected chi connectivity index (χ4v) is 3.90. The van der Waals surface area contributed by atoms with Gasteiger partial charge in [-0.25, -0.2) is 4.79 Å². The molecule has 0 saturated carbocycles. The first-order valence-electron chi connectivity index (χ1n) is 8.96. The van der Waals surface area contributed by atoms with Gasteiger partial charge in [-0.1, -0.05) is 17.7 Å². The number of nitrogens with zero attached hydrogens (tertiary/aromatic N) is 2. The lowest BCUT2D eigenvalue weighted by Gasteiger charge is -2.44. The van der Waals surface area contributed by atoms with E-state index in [2.05, 4.69) is 12.1 Å². The topological polar surface area (TPSA) is 59.1 Å². The Hall–Kier alpha value is -1.92. The molecule has 6 nitrogen and oxygen atoms in total. The van der Waals surface area contributed by atoms with Gasteiger partial charge in [0.2, 0.25) is 5.91 Å². The van der Waals surface area contributed by atoms with Crippen LogP contribution in [0.2, 0.25) is 0 Å². The number of hydrogen-bond acceptors (Lipinski definition) is 5. The fraction of sp³-hybridized carbons (Fsp3) is 0.600. The summed E-state index contributed by atoms with van der Waals surface area (Å²) < 4.78 is 5.05. The molecule has 0 aliphatic carbocycles. The van der Waals surface area contributed by atoms with Crippen molar-refractivity contribution in [2.45, 2.75) is 45.6 Å². The van der Waals surface area contributed by atoms with Crippen LogP contribution in [0.5, 0.6) is 0 Å². The van der Waals surface area contributed by atoms with Gasteiger partial charge in [0.05, 0.1) is 20.6 Å². The third-order valence-electron chi connectivity index (χ3n) is 5.56. The fourth-order valence-electron chi connectivity index (χ4n) is 3.90. The molecular formula is C20H30N2O4. The Bertz CT molecular complexity index is 655. The number of hydrogen-bond donors (Lipinski definition) is 0. The summed E-state index contributed by atoms with van der Waals surface area (Å²) in [5.74, 6) is -0.433. The Morgan fingerprint density at radius 3 is 2.12 bits per heavy atom. The minimum absolute atomic E-state index is 0.0729. The van der Waals surface area contributed by atoms with Gasteiger partial charge in [-0.2, -0.15) is 5.06 Å². The Labute approximate surface area is 156 Å². The highest BCUT2D eigenvalue weighted by molar-refractivity contribution is 5.89. The van der Waals surface area contributed by atoms with Crippen LogP contribution in [0.25, 0.3) is 0 Å². The molecule has 0 N–H and O–H groups in total. The molecule has 0 bridgehead atoms. The van der Waals surface area contributed by atoms with Crippen molar-refractivity contribution in [3.63, 3.8) is 0 Å². The average Bonchev–Trinajstić information content (AvgIpc) is 2.63. The highest BCUT2D eigenvalue weighted by Gasteiger charge is 2.48. The molecule has 2 rings (SSSR count). The number of benzene rings is 1. The maximum Gasteiger partial charge on any atom is 0.331 e. The van der Waals surface area contributed by atoms with Crippen molar-refractivity contribution in [3.8, 4) is 0 Å². The van der Waals surface area contributed by atoms with Gasteiger partial charge < -0.3 is 14.5 Å². The highest BCUT2D eigenvalue weighted by atomic mass is 16.7. The molecular weight excluding hydrogens is 332 g/mol. The summed E-state index contributed by atoms with van der Waals surface area (Å²) in [4.78, 5) is 32.5. The van der Waals surface area contributed by atoms with Gasteiger partial charge >= 0.3 is 5.97 Å². The third kappa shape index (κ3) is 3.91. The first-order valence-corrected chi connectivity index (χ1v) is 8.96. The Kier molecular flexibility index (Phi) is 6.42. The number of piperidine rings is 1. The molecule has 0 unspecified atom stereocenters. The van der Waals surface area contributed by atoms with E-state index in [0.29, 0.717) is 25.9 Å². The number of likely N-dealkylation sites (N-methyl/N-ethyl adjacent to an activating group) is 1. The first-order chi connectivity index (χ1) is 12.2. The molecule has 1 saturated heterocycles. The van der Waals surface area contributed by atoms with Gasteiger partial charge in [0, 0.05) is 20.1 Å². The van der Waals surface area contributed by atoms with Crippen molar-refractivity contribution in [2.24, 2.45) is 0 Å². The monoisotopic (exact) mass is 362 g/mol. The van der Waals surface area contributed by atoms with Crippen molar-refractivity contribution in [1.82, 2.24) is 9.96 Å². The molecule has 144 valence electrons. The quantitative estimate of drug-likeness (QED) is 0.752. The molecule has 1 aromatic carbocycles. The number of amides is 1. The lowest BCUT2D eigenvalue weighted by molar-refractivity contribution is -0.183. The Morgan fingerprint density at radius 1 is 1.12 bits per heavy atom. The molecule has 6 heteroatoms. The summed E-state index contributed by atoms with van der Waals surface area (Å²) in [6.45, 7) is 7.25. The first kappa shape index (κ1) is 20.4. The summed E-state index contributed by atoms with van der Waals surface area (Å²) >= 11 is 0. The zero-order valence-electron chi connectivity index (χ0n) is 16.7. The molecule has 26 heavy (non-hydrogen) atoms. The van der Waals surface area contributed by atoms with Gasteiger partial charge in [0.1, 0.15) is 5.54 Å². The minimum Gasteiger partial charge on any atom is -0.467 e. The van der Waals surface area contributed by atoms with Crippen LogP contribution in [0.3, 0.4) is 0 Å². The summed E-state index contributed by atoms with van der Waals surface area (Å²) in [7, 11) is 4.70. The van der Waals surface area contributed by atoms with E-state index in [0.717, 1.165) is 16.7 Å². The van der Waals surface area contributed by atoms with Crippen molar-refractivity contribution >= 4 is 11.9 Å². The number of hydroxylamine groups is 2. The van der Waals surface area contributed by atoms with Gasteiger partial charge in [0.25, 0.3) is 0 Å². The molecule has 1 aromatic rings. The number of ether oxygens (including phenoxy) is 1. The van der Waals surface area contributed by atoms with Crippen LogP contribution in [-0.2, 0) is 25.6 Å². The molecule has 1 fully saturated rings. The summed E-state index contributed by atoms with van der Waals surface area (Å²) in [5, 5.41) is 1.80. The van der Waals surface area contributed by atoms with E-state index in [4.69, 9.17) is 9.57 Å². The molecule has 1 amide bonds. The maximum atomic E-state index is 13.1. The molecule has 0 spiro atoms. The van der Waals surface area contributed by atoms with E-state index in [1.165, 1.54) is 12.7 Å². The zero-order valence-corrected chi connectivity index (χ0v) is 16.7. The normalized spacial score (nSPS) is 17.0. The third-order valence-corrected chi connectivity index (χ3v) is 5.56. The smallest absolute Gasteiger partial charge is 0.331 e. The average molecular weight is 362 g/mol. The van der Waals surface area contributed by atoms with Crippen molar-refractivity contribution in [2.75, 3.05) is 34.4 Å². The molecule has 1 heterocycles. The number of carbonyl (C=O) groups is 2. The number of carbonyl (C=O) groups excluding carboxylic acids is 2. The number of esters is 1. The minimum atomic E-state index is -0.937. The Balaban J connectivity index is 2.25. The summed E-state index contributed by atoms with van der Waals surface area (Å²) in [5.41, 5.74) is 3.48. The second kappa shape index (κ2) is 8.18. The van der Waals surface area contributed by atoms with E-state index in [1.54, 1.807) is 24.1 Å². The lowest BCUT2D eigenvalue weighted by atomic mass is 9.85. The molecule has 1 aliphatic rings. The Morgan fingerprint density at radius 2 is 1.65 bits per heavy atom. The number of aryl methyl sites for hydroxylation is 3. The predicted octanol–water partition coefficient (Wildman–Crippen LogP) is 2.18. The zero-order chi connectivity index (χ0) is 19.5. The van der Waals surface area contributed by atoms with Gasteiger partial charge in [-0.15, -0.1) is 0 Å². The van der Waals surface area contributed by atoms with Crippen LogP contribution in [0, 0.1) is 20.8 Å². The highest BCUT2D eigenvalue weighted by Crippen LogP contribution is 2.30. The van der Waals surface area contributed by atoms with Crippen LogP contribution < -0.4 is 0 Å². The number of rotatable bonds is 5. The predicted molar refractivity (Wildman–Crippen MR) is 99.7 cm³/mol. The van der Waals surface area contributed by atoms with E-state index in [-0.39, 0.29) is 18.3 Å². The lowest BCUT2D eigenvalue weighted by Crippen LogP contribution is -2.61. The second-order valence-electron chi connectivity index (χ2n) is 7.14. The van der Waals surface area contributed by atoms with E-state index in [1.807, 2.05) is 20.8 Å². The standard InChI is InChI=1S/C20H30N2O4/c1-14-11-15(2)17(16(3)12-14)13-18(23)21(4)20(19(24)25-5)7-9-22(26-6)10-8-20/h11-12H,7-10,13H2,1-6H3. The summed E-state index contributed by atoms with van der Waals surface area (Å²) in [6, 6.07) is 4.17. The van der Waals surface area contributed by atoms with E-state index >= 15 is 0 Å². The van der Waals surface area contributed by atoms with Gasteiger partial charge in [-0.3, -0.25) is 4.79 Å². The summed E-state index contributed by atoms with van der Waals surface area (Å²) in [6.07, 6.45) is 1.25. The molecule has 1 aliphatic heterocycles. The van der Waals surface area contributed by atoms with Gasteiger partial charge in [0.15, 0.2) is 0 Å². The van der Waals surface area contributed by atoms with Crippen molar-refractivity contribution < 1.29 is 19.2 Å². The van der Waals surface area contributed by atoms with Gasteiger partial charge in [-0.05, 0) is 50.3 Å². The largest absolute Gasteiger partial charge is 0.467 e. The van der Waals surface area contributed by atoms with Crippen LogP contribution >= 0.6 is 0 Å². The van der Waals surface area contributed by atoms with Crippen LogP contribution in [0.4, 0.5) is 0 Å². The SMILES string of the molecule is COC(=O)C1(N(C)C(=O)Cc2c(C)cc(C)cc2C)CCN(OC)CC1. The number of methoxy groups -OCH3 is 1. The van der Waals surface area contributed by atoms with Crippen LogP contribution in [-0.4, -0.2) is 61.7 Å². The van der Waals surface area contributed by atoms with E-state index in [9.17, 15) is 9.59 Å². The maximum absolute atomic E-state index is 13.1. The van der Waals surface area contributed by atoms with Crippen LogP contribution in [0.15, 0.2) is 12.1 Å². The van der Waals surface area contributed by atoms with Crippen LogP contribution in [0.1, 0.15) is 35.1 Å². The molecule has 0 aromatic heterocycles. The molecule has 0 radical (unpaired) electrons.